The summed E-state index contributed by atoms with van der Waals surface area (Å²) in [6.45, 7) is 1.01. The van der Waals surface area contributed by atoms with Gasteiger partial charge < -0.3 is 20.3 Å². The fraction of sp³-hybridized carbons (Fsp3) is 0.278. The summed E-state index contributed by atoms with van der Waals surface area (Å²) in [6, 6.07) is 14.7. The van der Waals surface area contributed by atoms with Crippen molar-refractivity contribution in [3.05, 3.63) is 53.6 Å². The van der Waals surface area contributed by atoms with Crippen molar-refractivity contribution in [3.63, 3.8) is 0 Å². The predicted octanol–water partition coefficient (Wildman–Crippen LogP) is 4.00. The molecule has 0 aromatic heterocycles. The van der Waals surface area contributed by atoms with E-state index < -0.39 is 0 Å². The van der Waals surface area contributed by atoms with Gasteiger partial charge in [0.2, 0.25) is 0 Å². The summed E-state index contributed by atoms with van der Waals surface area (Å²) in [6.07, 6.45) is 0.693. The Labute approximate surface area is 147 Å². The minimum absolute atomic E-state index is 0.231. The van der Waals surface area contributed by atoms with Gasteiger partial charge in [-0.3, -0.25) is 0 Å². The highest BCUT2D eigenvalue weighted by Crippen LogP contribution is 2.23. The van der Waals surface area contributed by atoms with Crippen LogP contribution in [0.5, 0.6) is 5.75 Å². The average molecular weight is 348 g/mol. The molecule has 2 rings (SSSR count). The van der Waals surface area contributed by atoms with Gasteiger partial charge in [0.05, 0.1) is 11.6 Å². The van der Waals surface area contributed by atoms with E-state index in [1.165, 1.54) is 0 Å². The fourth-order valence-corrected chi connectivity index (χ4v) is 2.23. The zero-order valence-corrected chi connectivity index (χ0v) is 14.6. The molecule has 2 amide bonds. The number of carbonyl (C=O) groups excluding carboxylic acids is 1. The molecule has 0 atom stereocenters. The van der Waals surface area contributed by atoms with E-state index in [1.54, 1.807) is 6.07 Å². The highest BCUT2D eigenvalue weighted by Gasteiger charge is 2.03. The largest absolute Gasteiger partial charge is 0.492 e. The lowest BCUT2D eigenvalue weighted by Crippen LogP contribution is -2.30. The first-order valence-electron chi connectivity index (χ1n) is 7.76. The van der Waals surface area contributed by atoms with Gasteiger partial charge in [-0.25, -0.2) is 4.79 Å². The van der Waals surface area contributed by atoms with Crippen molar-refractivity contribution in [1.29, 1.82) is 0 Å². The summed E-state index contributed by atoms with van der Waals surface area (Å²) in [7, 11) is 3.94. The van der Waals surface area contributed by atoms with Gasteiger partial charge in [-0.1, -0.05) is 23.7 Å². The van der Waals surface area contributed by atoms with E-state index in [9.17, 15) is 4.79 Å². The second-order valence-corrected chi connectivity index (χ2v) is 5.86. The van der Waals surface area contributed by atoms with Crippen molar-refractivity contribution in [2.75, 3.05) is 37.5 Å². The maximum atomic E-state index is 11.8. The van der Waals surface area contributed by atoms with Crippen molar-refractivity contribution in [2.45, 2.75) is 6.42 Å². The van der Waals surface area contributed by atoms with Gasteiger partial charge in [-0.2, -0.15) is 0 Å². The lowest BCUT2D eigenvalue weighted by molar-refractivity contribution is 0.250. The number of nitrogens with one attached hydrogen (secondary N) is 2. The number of ether oxygens (including phenoxy) is 1. The molecule has 0 heterocycles. The van der Waals surface area contributed by atoms with E-state index in [1.807, 2.05) is 61.5 Å². The number of benzene rings is 2. The molecule has 0 bridgehead atoms. The van der Waals surface area contributed by atoms with Gasteiger partial charge in [0.15, 0.2) is 0 Å². The molecule has 2 N–H and O–H groups in total. The highest BCUT2D eigenvalue weighted by molar-refractivity contribution is 6.32. The van der Waals surface area contributed by atoms with Crippen molar-refractivity contribution in [1.82, 2.24) is 5.32 Å². The lowest BCUT2D eigenvalue weighted by Gasteiger charge is -2.13. The molecule has 0 unspecified atom stereocenters. The number of hydrogen-bond acceptors (Lipinski definition) is 3. The van der Waals surface area contributed by atoms with Crippen LogP contribution in [0.1, 0.15) is 6.42 Å². The first kappa shape index (κ1) is 17.9. The van der Waals surface area contributed by atoms with Crippen LogP contribution in [-0.4, -0.2) is 33.3 Å². The van der Waals surface area contributed by atoms with Crippen LogP contribution >= 0.6 is 11.6 Å². The molecular weight excluding hydrogens is 326 g/mol. The molecule has 0 aliphatic heterocycles. The molecule has 24 heavy (non-hydrogen) atoms. The Bertz CT molecular complexity index is 660. The van der Waals surface area contributed by atoms with Crippen molar-refractivity contribution < 1.29 is 9.53 Å². The van der Waals surface area contributed by atoms with Gasteiger partial charge >= 0.3 is 6.03 Å². The second kappa shape index (κ2) is 9.03. The number of para-hydroxylation sites is 1. The first-order valence-corrected chi connectivity index (χ1v) is 8.13. The number of anilines is 2. The highest BCUT2D eigenvalue weighted by atomic mass is 35.5. The van der Waals surface area contributed by atoms with Gasteiger partial charge in [-0.05, 0) is 42.8 Å². The molecule has 2 aromatic carbocycles. The molecule has 0 aliphatic rings. The van der Waals surface area contributed by atoms with Crippen LogP contribution in [0.25, 0.3) is 0 Å². The van der Waals surface area contributed by atoms with E-state index in [4.69, 9.17) is 16.3 Å². The summed E-state index contributed by atoms with van der Waals surface area (Å²) in [5, 5.41) is 6.18. The van der Waals surface area contributed by atoms with Crippen LogP contribution in [0, 0.1) is 0 Å². The van der Waals surface area contributed by atoms with Gasteiger partial charge in [0.25, 0.3) is 0 Å². The van der Waals surface area contributed by atoms with E-state index in [0.29, 0.717) is 30.3 Å². The van der Waals surface area contributed by atoms with E-state index in [0.717, 1.165) is 11.4 Å². The maximum absolute atomic E-state index is 11.8. The lowest BCUT2D eigenvalue weighted by atomic mass is 10.2. The van der Waals surface area contributed by atoms with Crippen molar-refractivity contribution >= 4 is 29.0 Å². The van der Waals surface area contributed by atoms with Gasteiger partial charge in [0, 0.05) is 32.0 Å². The molecule has 0 fully saturated rings. The molecule has 5 nitrogen and oxygen atoms in total. The first-order chi connectivity index (χ1) is 11.6. The number of amides is 2. The Hall–Kier alpha value is -2.40. The number of urea groups is 1. The number of rotatable bonds is 7. The Kier molecular flexibility index (Phi) is 6.75. The monoisotopic (exact) mass is 347 g/mol. The topological polar surface area (TPSA) is 53.6 Å². The minimum atomic E-state index is -0.231. The van der Waals surface area contributed by atoms with Crippen LogP contribution in [0.4, 0.5) is 16.2 Å². The number of nitrogens with zero attached hydrogens (tertiary/aromatic N) is 1. The van der Waals surface area contributed by atoms with Crippen molar-refractivity contribution in [3.8, 4) is 5.75 Å². The predicted molar refractivity (Wildman–Crippen MR) is 99.4 cm³/mol. The maximum Gasteiger partial charge on any atom is 0.319 e. The third-order valence-corrected chi connectivity index (χ3v) is 3.65. The molecule has 6 heteroatoms. The van der Waals surface area contributed by atoms with E-state index in [-0.39, 0.29) is 6.03 Å². The fourth-order valence-electron chi connectivity index (χ4n) is 2.04. The quantitative estimate of drug-likeness (QED) is 0.744. The van der Waals surface area contributed by atoms with Crippen LogP contribution < -0.4 is 20.3 Å². The molecule has 0 saturated heterocycles. The Balaban J connectivity index is 1.65. The summed E-state index contributed by atoms with van der Waals surface area (Å²) in [5.41, 5.74) is 1.84. The molecule has 0 radical (unpaired) electrons. The number of hydrogen-bond donors (Lipinski definition) is 2. The average Bonchev–Trinajstić information content (AvgIpc) is 2.56. The Morgan fingerprint density at radius 2 is 1.83 bits per heavy atom. The smallest absolute Gasteiger partial charge is 0.319 e. The molecule has 0 spiro atoms. The van der Waals surface area contributed by atoms with Gasteiger partial charge in [0.1, 0.15) is 5.75 Å². The zero-order chi connectivity index (χ0) is 17.4. The Morgan fingerprint density at radius 1 is 1.12 bits per heavy atom. The number of halogens is 1. The van der Waals surface area contributed by atoms with E-state index in [2.05, 4.69) is 10.6 Å². The normalized spacial score (nSPS) is 10.1. The zero-order valence-electron chi connectivity index (χ0n) is 13.9. The SMILES string of the molecule is CN(C)c1ccc(NC(=O)NCCCOc2ccccc2Cl)cc1. The van der Waals surface area contributed by atoms with Crippen LogP contribution in [0.2, 0.25) is 5.02 Å². The summed E-state index contributed by atoms with van der Waals surface area (Å²) < 4.78 is 5.56. The molecule has 128 valence electrons. The molecule has 2 aromatic rings. The van der Waals surface area contributed by atoms with Gasteiger partial charge in [-0.15, -0.1) is 0 Å². The summed E-state index contributed by atoms with van der Waals surface area (Å²) in [4.78, 5) is 13.8. The molecule has 0 aliphatic carbocycles. The van der Waals surface area contributed by atoms with Crippen LogP contribution in [0.15, 0.2) is 48.5 Å². The summed E-state index contributed by atoms with van der Waals surface area (Å²) >= 11 is 6.00. The minimum Gasteiger partial charge on any atom is -0.492 e. The number of carbonyl (C=O) groups is 1. The van der Waals surface area contributed by atoms with Crippen molar-refractivity contribution in [2.24, 2.45) is 0 Å². The van der Waals surface area contributed by atoms with E-state index >= 15 is 0 Å². The van der Waals surface area contributed by atoms with Crippen LogP contribution in [0.3, 0.4) is 0 Å². The summed E-state index contributed by atoms with van der Waals surface area (Å²) in [5.74, 6) is 0.657. The Morgan fingerprint density at radius 3 is 2.50 bits per heavy atom. The second-order valence-electron chi connectivity index (χ2n) is 5.45. The standard InChI is InChI=1S/C18H22ClN3O2/c1-22(2)15-10-8-14(9-11-15)21-18(23)20-12-5-13-24-17-7-4-3-6-16(17)19/h3-4,6-11H,5,12-13H2,1-2H3,(H2,20,21,23). The molecule has 0 saturated carbocycles. The third-order valence-electron chi connectivity index (χ3n) is 3.34. The third kappa shape index (κ3) is 5.66. The van der Waals surface area contributed by atoms with Crippen LogP contribution in [-0.2, 0) is 0 Å². The molecular formula is C18H22ClN3O2.